The van der Waals surface area contributed by atoms with Gasteiger partial charge in [0.25, 0.3) is 5.91 Å². The third-order valence-corrected chi connectivity index (χ3v) is 5.03. The van der Waals surface area contributed by atoms with Crippen LogP contribution in [-0.2, 0) is 0 Å². The van der Waals surface area contributed by atoms with E-state index in [9.17, 15) is 9.18 Å². The number of halogens is 1. The summed E-state index contributed by atoms with van der Waals surface area (Å²) in [7, 11) is 3.08. The van der Waals surface area contributed by atoms with Crippen LogP contribution in [-0.4, -0.2) is 29.9 Å². The summed E-state index contributed by atoms with van der Waals surface area (Å²) >= 11 is 0. The Morgan fingerprint density at radius 2 is 1.69 bits per heavy atom. The maximum Gasteiger partial charge on any atom is 0.259 e. The predicted molar refractivity (Wildman–Crippen MR) is 121 cm³/mol. The molecule has 162 valence electrons. The maximum absolute atomic E-state index is 13.4. The first kappa shape index (κ1) is 21.1. The molecule has 0 unspecified atom stereocenters. The summed E-state index contributed by atoms with van der Waals surface area (Å²) in [6, 6.07) is 18.8. The lowest BCUT2D eigenvalue weighted by atomic mass is 10.1. The van der Waals surface area contributed by atoms with Crippen molar-refractivity contribution in [2.24, 2.45) is 0 Å². The predicted octanol–water partition coefficient (Wildman–Crippen LogP) is 5.26. The van der Waals surface area contributed by atoms with Gasteiger partial charge in [0.2, 0.25) is 0 Å². The summed E-state index contributed by atoms with van der Waals surface area (Å²) in [6.45, 7) is 1.99. The van der Waals surface area contributed by atoms with Gasteiger partial charge in [-0.15, -0.1) is 0 Å². The number of rotatable bonds is 6. The highest BCUT2D eigenvalue weighted by Gasteiger charge is 2.20. The van der Waals surface area contributed by atoms with Crippen molar-refractivity contribution in [3.8, 4) is 28.4 Å². The zero-order chi connectivity index (χ0) is 22.7. The summed E-state index contributed by atoms with van der Waals surface area (Å²) in [6.07, 6.45) is 1.63. The number of aryl methyl sites for hydroxylation is 1. The zero-order valence-electron chi connectivity index (χ0n) is 17.9. The summed E-state index contributed by atoms with van der Waals surface area (Å²) in [5.41, 5.74) is 3.87. The minimum atomic E-state index is -0.361. The smallest absolute Gasteiger partial charge is 0.259 e. The number of nitrogens with zero attached hydrogens (tertiary/aromatic N) is 2. The number of hydrogen-bond donors (Lipinski definition) is 1. The van der Waals surface area contributed by atoms with Gasteiger partial charge < -0.3 is 14.8 Å². The molecule has 0 aliphatic rings. The van der Waals surface area contributed by atoms with Gasteiger partial charge in [0.15, 0.2) is 0 Å². The van der Waals surface area contributed by atoms with Crippen LogP contribution in [0, 0.1) is 12.7 Å². The van der Waals surface area contributed by atoms with Crippen LogP contribution in [0.3, 0.4) is 0 Å². The van der Waals surface area contributed by atoms with Crippen molar-refractivity contribution in [2.45, 2.75) is 6.92 Å². The molecule has 0 atom stereocenters. The average Bonchev–Trinajstić information content (AvgIpc) is 3.25. The standard InChI is InChI=1S/C25H22FN3O3/c1-16-4-6-17(7-5-16)24-21(15-29(28-24)19-10-8-18(26)9-11-19)25(30)27-22-14-20(31-2)12-13-23(22)32-3/h4-15H,1-3H3,(H,27,30). The van der Waals surface area contributed by atoms with E-state index < -0.39 is 0 Å². The van der Waals surface area contributed by atoms with Gasteiger partial charge >= 0.3 is 0 Å². The monoisotopic (exact) mass is 431 g/mol. The molecule has 3 aromatic carbocycles. The molecule has 0 bridgehead atoms. The van der Waals surface area contributed by atoms with Crippen LogP contribution in [0.1, 0.15) is 15.9 Å². The number of benzene rings is 3. The molecule has 1 aromatic heterocycles. The third-order valence-electron chi connectivity index (χ3n) is 5.03. The lowest BCUT2D eigenvalue weighted by molar-refractivity contribution is 0.102. The van der Waals surface area contributed by atoms with Crippen molar-refractivity contribution < 1.29 is 18.7 Å². The molecule has 0 saturated heterocycles. The second kappa shape index (κ2) is 8.93. The van der Waals surface area contributed by atoms with Crippen LogP contribution in [0.15, 0.2) is 72.9 Å². The first-order valence-electron chi connectivity index (χ1n) is 9.94. The molecule has 4 rings (SSSR count). The van der Waals surface area contributed by atoms with E-state index in [1.54, 1.807) is 48.3 Å². The Morgan fingerprint density at radius 3 is 2.34 bits per heavy atom. The molecule has 0 aliphatic carbocycles. The Labute approximate surface area is 185 Å². The fourth-order valence-corrected chi connectivity index (χ4v) is 3.29. The highest BCUT2D eigenvalue weighted by atomic mass is 19.1. The molecule has 0 spiro atoms. The normalized spacial score (nSPS) is 10.6. The molecular weight excluding hydrogens is 409 g/mol. The van der Waals surface area contributed by atoms with E-state index in [1.165, 1.54) is 19.2 Å². The molecule has 1 heterocycles. The van der Waals surface area contributed by atoms with Gasteiger partial charge in [-0.2, -0.15) is 5.10 Å². The lowest BCUT2D eigenvalue weighted by Gasteiger charge is -2.11. The van der Waals surface area contributed by atoms with Crippen LogP contribution in [0.5, 0.6) is 11.5 Å². The molecule has 1 N–H and O–H groups in total. The largest absolute Gasteiger partial charge is 0.497 e. The van der Waals surface area contributed by atoms with Crippen molar-refractivity contribution in [3.05, 3.63) is 89.9 Å². The van der Waals surface area contributed by atoms with Gasteiger partial charge in [-0.1, -0.05) is 29.8 Å². The highest BCUT2D eigenvalue weighted by molar-refractivity contribution is 6.08. The Bertz CT molecular complexity index is 1250. The van der Waals surface area contributed by atoms with E-state index in [0.29, 0.717) is 34.1 Å². The second-order valence-electron chi connectivity index (χ2n) is 7.20. The SMILES string of the molecule is COc1ccc(OC)c(NC(=O)c2cn(-c3ccc(F)cc3)nc2-c2ccc(C)cc2)c1. The molecule has 0 fully saturated rings. The maximum atomic E-state index is 13.4. The zero-order valence-corrected chi connectivity index (χ0v) is 17.9. The van der Waals surface area contributed by atoms with Crippen molar-refractivity contribution in [1.82, 2.24) is 9.78 Å². The Kier molecular flexibility index (Phi) is 5.89. The Morgan fingerprint density at radius 1 is 0.969 bits per heavy atom. The van der Waals surface area contributed by atoms with Crippen LogP contribution < -0.4 is 14.8 Å². The Balaban J connectivity index is 1.77. The van der Waals surface area contributed by atoms with Crippen molar-refractivity contribution >= 4 is 11.6 Å². The quantitative estimate of drug-likeness (QED) is 0.453. The van der Waals surface area contributed by atoms with Crippen LogP contribution >= 0.6 is 0 Å². The molecular formula is C25H22FN3O3. The van der Waals surface area contributed by atoms with Crippen LogP contribution in [0.25, 0.3) is 16.9 Å². The molecule has 7 heteroatoms. The topological polar surface area (TPSA) is 65.4 Å². The van der Waals surface area contributed by atoms with Gasteiger partial charge in [-0.3, -0.25) is 4.79 Å². The van der Waals surface area contributed by atoms with E-state index in [-0.39, 0.29) is 11.7 Å². The average molecular weight is 431 g/mol. The van der Waals surface area contributed by atoms with Gasteiger partial charge in [-0.25, -0.2) is 9.07 Å². The molecule has 32 heavy (non-hydrogen) atoms. The first-order valence-corrected chi connectivity index (χ1v) is 9.94. The lowest BCUT2D eigenvalue weighted by Crippen LogP contribution is -2.13. The minimum absolute atomic E-state index is 0.345. The minimum Gasteiger partial charge on any atom is -0.497 e. The fraction of sp³-hybridized carbons (Fsp3) is 0.120. The van der Waals surface area contributed by atoms with Gasteiger partial charge in [-0.05, 0) is 43.3 Å². The van der Waals surface area contributed by atoms with Crippen LogP contribution in [0.4, 0.5) is 10.1 Å². The van der Waals surface area contributed by atoms with Gasteiger partial charge in [0, 0.05) is 17.8 Å². The second-order valence-corrected chi connectivity index (χ2v) is 7.20. The van der Waals surface area contributed by atoms with Crippen molar-refractivity contribution in [1.29, 1.82) is 0 Å². The van der Waals surface area contributed by atoms with E-state index in [0.717, 1.165) is 11.1 Å². The van der Waals surface area contributed by atoms with E-state index >= 15 is 0 Å². The molecule has 6 nitrogen and oxygen atoms in total. The van der Waals surface area contributed by atoms with Gasteiger partial charge in [0.1, 0.15) is 23.0 Å². The number of anilines is 1. The van der Waals surface area contributed by atoms with Gasteiger partial charge in [0.05, 0.1) is 31.2 Å². The first-order chi connectivity index (χ1) is 15.5. The number of hydrogen-bond acceptors (Lipinski definition) is 4. The summed E-state index contributed by atoms with van der Waals surface area (Å²) in [4.78, 5) is 13.3. The molecule has 4 aromatic rings. The van der Waals surface area contributed by atoms with E-state index in [1.807, 2.05) is 31.2 Å². The summed E-state index contributed by atoms with van der Waals surface area (Å²) in [5, 5.41) is 7.52. The number of ether oxygens (including phenoxy) is 2. The molecule has 0 saturated carbocycles. The Hall–Kier alpha value is -4.13. The van der Waals surface area contributed by atoms with Crippen LogP contribution in [0.2, 0.25) is 0 Å². The van der Waals surface area contributed by atoms with E-state index in [2.05, 4.69) is 10.4 Å². The van der Waals surface area contributed by atoms with Crippen molar-refractivity contribution in [2.75, 3.05) is 19.5 Å². The van der Waals surface area contributed by atoms with E-state index in [4.69, 9.17) is 9.47 Å². The number of aromatic nitrogens is 2. The number of carbonyl (C=O) groups is 1. The number of carbonyl (C=O) groups excluding carboxylic acids is 1. The number of nitrogens with one attached hydrogen (secondary N) is 1. The fourth-order valence-electron chi connectivity index (χ4n) is 3.29. The number of methoxy groups -OCH3 is 2. The number of amides is 1. The molecule has 0 aliphatic heterocycles. The molecule has 1 amide bonds. The third kappa shape index (κ3) is 4.32. The van der Waals surface area contributed by atoms with Crippen molar-refractivity contribution in [3.63, 3.8) is 0 Å². The molecule has 0 radical (unpaired) electrons. The summed E-state index contributed by atoms with van der Waals surface area (Å²) in [5.74, 6) is 0.382. The summed E-state index contributed by atoms with van der Waals surface area (Å²) < 4.78 is 25.6. The highest BCUT2D eigenvalue weighted by Crippen LogP contribution is 2.31.